The number of hydrogen-bond donors (Lipinski definition) is 2. The van der Waals surface area contributed by atoms with Crippen LogP contribution in [0.4, 0.5) is 14.9 Å². The van der Waals surface area contributed by atoms with E-state index in [9.17, 15) is 9.18 Å². The van der Waals surface area contributed by atoms with E-state index < -0.39 is 6.09 Å². The fraction of sp³-hybridized carbons (Fsp3) is 0.350. The third-order valence-electron chi connectivity index (χ3n) is 4.53. The van der Waals surface area contributed by atoms with Crippen LogP contribution < -0.4 is 15.4 Å². The average molecular weight is 358 g/mol. The molecule has 5 nitrogen and oxygen atoms in total. The molecule has 6 heteroatoms. The zero-order valence-electron chi connectivity index (χ0n) is 14.8. The van der Waals surface area contributed by atoms with E-state index in [1.807, 2.05) is 12.1 Å². The number of benzene rings is 2. The molecule has 1 fully saturated rings. The zero-order valence-corrected chi connectivity index (χ0v) is 14.8. The van der Waals surface area contributed by atoms with Gasteiger partial charge in [-0.2, -0.15) is 0 Å². The smallest absolute Gasteiger partial charge is 0.411 e. The topological polar surface area (TPSA) is 59.6 Å². The number of carbonyl (C=O) groups excluding carboxylic acids is 1. The number of piperidine rings is 1. The van der Waals surface area contributed by atoms with E-state index in [0.717, 1.165) is 31.5 Å². The Morgan fingerprint density at radius 1 is 1.19 bits per heavy atom. The predicted octanol–water partition coefficient (Wildman–Crippen LogP) is 4.05. The predicted molar refractivity (Wildman–Crippen MR) is 99.0 cm³/mol. The molecule has 0 aromatic heterocycles. The van der Waals surface area contributed by atoms with Crippen LogP contribution in [-0.2, 0) is 4.74 Å². The summed E-state index contributed by atoms with van der Waals surface area (Å²) >= 11 is 0. The van der Waals surface area contributed by atoms with Crippen molar-refractivity contribution in [2.45, 2.75) is 12.8 Å². The van der Waals surface area contributed by atoms with Crippen molar-refractivity contribution in [2.75, 3.05) is 32.1 Å². The van der Waals surface area contributed by atoms with Gasteiger partial charge in [0.25, 0.3) is 0 Å². The summed E-state index contributed by atoms with van der Waals surface area (Å²) in [6, 6.07) is 11.5. The van der Waals surface area contributed by atoms with Gasteiger partial charge in [0.2, 0.25) is 0 Å². The molecule has 1 amide bonds. The zero-order chi connectivity index (χ0) is 18.4. The minimum Gasteiger partial charge on any atom is -0.497 e. The van der Waals surface area contributed by atoms with Crippen molar-refractivity contribution in [1.29, 1.82) is 0 Å². The Balaban J connectivity index is 1.69. The van der Waals surface area contributed by atoms with Crippen molar-refractivity contribution in [1.82, 2.24) is 5.32 Å². The van der Waals surface area contributed by atoms with E-state index in [0.29, 0.717) is 29.5 Å². The maximum absolute atomic E-state index is 13.7. The maximum atomic E-state index is 13.7. The van der Waals surface area contributed by atoms with Gasteiger partial charge in [0, 0.05) is 5.56 Å². The monoisotopic (exact) mass is 358 g/mol. The van der Waals surface area contributed by atoms with Crippen LogP contribution in [0, 0.1) is 11.7 Å². The number of nitrogens with one attached hydrogen (secondary N) is 2. The third-order valence-corrected chi connectivity index (χ3v) is 4.53. The first-order valence-corrected chi connectivity index (χ1v) is 8.74. The molecule has 0 bridgehead atoms. The molecule has 1 saturated heterocycles. The number of carbonyl (C=O) groups is 1. The summed E-state index contributed by atoms with van der Waals surface area (Å²) in [5.41, 5.74) is 1.87. The second-order valence-corrected chi connectivity index (χ2v) is 6.34. The lowest BCUT2D eigenvalue weighted by Gasteiger charge is -2.22. The highest BCUT2D eigenvalue weighted by Crippen LogP contribution is 2.30. The molecule has 0 unspecified atom stereocenters. The number of ether oxygens (including phenoxy) is 2. The first-order chi connectivity index (χ1) is 12.7. The van der Waals surface area contributed by atoms with E-state index in [4.69, 9.17) is 9.47 Å². The average Bonchev–Trinajstić information content (AvgIpc) is 2.69. The standard InChI is InChI=1S/C20H23FN2O3/c1-25-17-5-2-15(3-6-17)18-12-16(21)4-7-19(18)23-20(24)26-13-14-8-10-22-11-9-14/h2-7,12,14,22H,8-11,13H2,1H3,(H,23,24). The molecule has 1 aliphatic rings. The van der Waals surface area contributed by atoms with Gasteiger partial charge >= 0.3 is 6.09 Å². The van der Waals surface area contributed by atoms with Crippen LogP contribution in [-0.4, -0.2) is 32.9 Å². The van der Waals surface area contributed by atoms with Crippen LogP contribution in [0.2, 0.25) is 0 Å². The molecule has 2 aromatic rings. The van der Waals surface area contributed by atoms with Gasteiger partial charge in [-0.15, -0.1) is 0 Å². The summed E-state index contributed by atoms with van der Waals surface area (Å²) in [6.07, 6.45) is 1.48. The Kier molecular flexibility index (Phi) is 6.07. The fourth-order valence-corrected chi connectivity index (χ4v) is 3.02. The molecular weight excluding hydrogens is 335 g/mol. The normalized spacial score (nSPS) is 14.7. The lowest BCUT2D eigenvalue weighted by atomic mass is 9.99. The van der Waals surface area contributed by atoms with E-state index >= 15 is 0 Å². The Morgan fingerprint density at radius 3 is 2.62 bits per heavy atom. The molecule has 1 heterocycles. The van der Waals surface area contributed by atoms with Crippen molar-refractivity contribution < 1.29 is 18.7 Å². The second-order valence-electron chi connectivity index (χ2n) is 6.34. The van der Waals surface area contributed by atoms with Gasteiger partial charge in [0.05, 0.1) is 19.4 Å². The summed E-state index contributed by atoms with van der Waals surface area (Å²) in [6.45, 7) is 2.30. The van der Waals surface area contributed by atoms with E-state index in [1.165, 1.54) is 12.1 Å². The molecular formula is C20H23FN2O3. The van der Waals surface area contributed by atoms with Crippen LogP contribution in [0.3, 0.4) is 0 Å². The molecule has 2 aromatic carbocycles. The van der Waals surface area contributed by atoms with Gasteiger partial charge in [-0.05, 0) is 67.7 Å². The number of amides is 1. The minimum absolute atomic E-state index is 0.371. The molecule has 2 N–H and O–H groups in total. The van der Waals surface area contributed by atoms with Crippen LogP contribution in [0.5, 0.6) is 5.75 Å². The Bertz CT molecular complexity index is 743. The van der Waals surface area contributed by atoms with Crippen molar-refractivity contribution in [3.05, 3.63) is 48.3 Å². The maximum Gasteiger partial charge on any atom is 0.411 e. The lowest BCUT2D eigenvalue weighted by molar-refractivity contribution is 0.131. The van der Waals surface area contributed by atoms with Gasteiger partial charge in [-0.1, -0.05) is 12.1 Å². The minimum atomic E-state index is -0.523. The van der Waals surface area contributed by atoms with Crippen molar-refractivity contribution in [3.8, 4) is 16.9 Å². The van der Waals surface area contributed by atoms with Crippen molar-refractivity contribution in [3.63, 3.8) is 0 Å². The highest BCUT2D eigenvalue weighted by atomic mass is 19.1. The Morgan fingerprint density at radius 2 is 1.92 bits per heavy atom. The molecule has 138 valence electrons. The molecule has 0 aliphatic carbocycles. The van der Waals surface area contributed by atoms with Gasteiger partial charge in [-0.3, -0.25) is 5.32 Å². The van der Waals surface area contributed by atoms with E-state index in [-0.39, 0.29) is 5.82 Å². The second kappa shape index (κ2) is 8.67. The quantitative estimate of drug-likeness (QED) is 0.847. The van der Waals surface area contributed by atoms with Gasteiger partial charge in [0.15, 0.2) is 0 Å². The Hall–Kier alpha value is -2.60. The van der Waals surface area contributed by atoms with Crippen molar-refractivity contribution in [2.24, 2.45) is 5.92 Å². The fourth-order valence-electron chi connectivity index (χ4n) is 3.02. The summed E-state index contributed by atoms with van der Waals surface area (Å²) in [4.78, 5) is 12.2. The number of halogens is 1. The van der Waals surface area contributed by atoms with Gasteiger partial charge in [0.1, 0.15) is 11.6 Å². The molecule has 0 atom stereocenters. The molecule has 1 aliphatic heterocycles. The first-order valence-electron chi connectivity index (χ1n) is 8.74. The van der Waals surface area contributed by atoms with Gasteiger partial charge < -0.3 is 14.8 Å². The number of rotatable bonds is 5. The summed E-state index contributed by atoms with van der Waals surface area (Å²) in [5.74, 6) is 0.724. The molecule has 0 radical (unpaired) electrons. The Labute approximate surface area is 152 Å². The summed E-state index contributed by atoms with van der Waals surface area (Å²) in [7, 11) is 1.59. The van der Waals surface area contributed by atoms with Crippen LogP contribution in [0.25, 0.3) is 11.1 Å². The summed E-state index contributed by atoms with van der Waals surface area (Å²) < 4.78 is 24.2. The highest BCUT2D eigenvalue weighted by molar-refractivity contribution is 5.91. The number of methoxy groups -OCH3 is 1. The summed E-state index contributed by atoms with van der Waals surface area (Å²) in [5, 5.41) is 6.01. The van der Waals surface area contributed by atoms with Crippen LogP contribution >= 0.6 is 0 Å². The lowest BCUT2D eigenvalue weighted by Crippen LogP contribution is -2.31. The highest BCUT2D eigenvalue weighted by Gasteiger charge is 2.16. The number of anilines is 1. The molecule has 3 rings (SSSR count). The van der Waals surface area contributed by atoms with Gasteiger partial charge in [-0.25, -0.2) is 9.18 Å². The molecule has 0 spiro atoms. The van der Waals surface area contributed by atoms with E-state index in [2.05, 4.69) is 10.6 Å². The van der Waals surface area contributed by atoms with E-state index in [1.54, 1.807) is 25.3 Å². The SMILES string of the molecule is COc1ccc(-c2cc(F)ccc2NC(=O)OCC2CCNCC2)cc1. The van der Waals surface area contributed by atoms with Crippen molar-refractivity contribution >= 4 is 11.8 Å². The number of hydrogen-bond acceptors (Lipinski definition) is 4. The first kappa shape index (κ1) is 18.2. The molecule has 0 saturated carbocycles. The largest absolute Gasteiger partial charge is 0.497 e. The third kappa shape index (κ3) is 4.73. The molecule has 26 heavy (non-hydrogen) atoms. The van der Waals surface area contributed by atoms with Crippen LogP contribution in [0.1, 0.15) is 12.8 Å². The van der Waals surface area contributed by atoms with Crippen LogP contribution in [0.15, 0.2) is 42.5 Å².